The van der Waals surface area contributed by atoms with Crippen LogP contribution in [0.15, 0.2) is 30.3 Å². The van der Waals surface area contributed by atoms with E-state index in [9.17, 15) is 0 Å². The highest BCUT2D eigenvalue weighted by atomic mass is 79.9. The fraction of sp³-hybridized carbons (Fsp3) is 0.400. The van der Waals surface area contributed by atoms with E-state index in [-0.39, 0.29) is 0 Å². The average Bonchev–Trinajstić information content (AvgIpc) is 2.90. The summed E-state index contributed by atoms with van der Waals surface area (Å²) < 4.78 is 6.71. The van der Waals surface area contributed by atoms with Crippen LogP contribution < -0.4 is 4.74 Å². The van der Waals surface area contributed by atoms with E-state index in [0.717, 1.165) is 27.9 Å². The SMILES string of the molecule is S=c1cc(-c2ccc(OCCCCCCBr)cc2)ss1. The van der Waals surface area contributed by atoms with Crippen molar-refractivity contribution < 1.29 is 4.74 Å². The minimum absolute atomic E-state index is 0.805. The van der Waals surface area contributed by atoms with Gasteiger partial charge >= 0.3 is 0 Å². The number of hydrogen-bond acceptors (Lipinski definition) is 4. The summed E-state index contributed by atoms with van der Waals surface area (Å²) in [6.07, 6.45) is 4.89. The van der Waals surface area contributed by atoms with Gasteiger partial charge in [-0.05, 0) is 48.7 Å². The molecule has 0 atom stereocenters. The van der Waals surface area contributed by atoms with E-state index >= 15 is 0 Å². The van der Waals surface area contributed by atoms with Crippen molar-refractivity contribution in [1.29, 1.82) is 0 Å². The molecule has 0 saturated carbocycles. The predicted molar refractivity (Wildman–Crippen MR) is 96.2 cm³/mol. The van der Waals surface area contributed by atoms with Gasteiger partial charge in [-0.2, -0.15) is 0 Å². The van der Waals surface area contributed by atoms with E-state index in [1.165, 1.54) is 29.7 Å². The topological polar surface area (TPSA) is 9.23 Å². The zero-order chi connectivity index (χ0) is 14.2. The molecule has 1 nitrogen and oxygen atoms in total. The first-order valence-corrected chi connectivity index (χ1v) is 10.4. The van der Waals surface area contributed by atoms with Crippen molar-refractivity contribution in [3.05, 3.63) is 34.2 Å². The van der Waals surface area contributed by atoms with E-state index in [4.69, 9.17) is 17.0 Å². The van der Waals surface area contributed by atoms with E-state index in [1.807, 2.05) is 12.1 Å². The van der Waals surface area contributed by atoms with Crippen molar-refractivity contribution in [2.75, 3.05) is 11.9 Å². The Labute approximate surface area is 141 Å². The van der Waals surface area contributed by atoms with Gasteiger partial charge in [0.2, 0.25) is 0 Å². The molecule has 0 unspecified atom stereocenters. The number of benzene rings is 1. The average molecular weight is 389 g/mol. The highest BCUT2D eigenvalue weighted by Gasteiger charge is 2.01. The largest absolute Gasteiger partial charge is 0.494 e. The Bertz CT molecular complexity index is 559. The lowest BCUT2D eigenvalue weighted by Crippen LogP contribution is -1.97. The number of halogens is 1. The Balaban J connectivity index is 1.78. The summed E-state index contributed by atoms with van der Waals surface area (Å²) in [5, 5.41) is 1.10. The maximum absolute atomic E-state index is 5.76. The molecule has 2 rings (SSSR count). The molecule has 0 aliphatic rings. The molecule has 0 N–H and O–H groups in total. The van der Waals surface area contributed by atoms with Gasteiger partial charge in [0.1, 0.15) is 9.57 Å². The third kappa shape index (κ3) is 5.28. The first-order valence-electron chi connectivity index (χ1n) is 6.69. The second-order valence-electron chi connectivity index (χ2n) is 4.47. The molecule has 0 aliphatic carbocycles. The number of unbranched alkanes of at least 4 members (excludes halogenated alkanes) is 3. The number of alkyl halides is 1. The van der Waals surface area contributed by atoms with E-state index in [2.05, 4.69) is 34.1 Å². The fourth-order valence-electron chi connectivity index (χ4n) is 1.83. The molecule has 0 spiro atoms. The van der Waals surface area contributed by atoms with Crippen LogP contribution in [-0.2, 0) is 0 Å². The van der Waals surface area contributed by atoms with Crippen molar-refractivity contribution in [2.24, 2.45) is 0 Å². The molecule has 0 saturated heterocycles. The molecule has 0 bridgehead atoms. The Morgan fingerprint density at radius 3 is 2.40 bits per heavy atom. The molecule has 0 fully saturated rings. The molecule has 0 radical (unpaired) electrons. The highest BCUT2D eigenvalue weighted by molar-refractivity contribution is 9.09. The molecule has 0 amide bonds. The zero-order valence-corrected chi connectivity index (χ0v) is 15.2. The van der Waals surface area contributed by atoms with Crippen LogP contribution in [0.1, 0.15) is 25.7 Å². The lowest BCUT2D eigenvalue weighted by molar-refractivity contribution is 0.305. The summed E-state index contributed by atoms with van der Waals surface area (Å²) in [7, 11) is 3.38. The molecular formula is C15H17BrOS3. The standard InChI is InChI=1S/C15H17BrOS3/c16-9-3-1-2-4-10-17-13-7-5-12(6-8-13)14-11-15(18)20-19-14/h5-8,11H,1-4,9-10H2. The maximum atomic E-state index is 5.76. The third-order valence-electron chi connectivity index (χ3n) is 2.90. The van der Waals surface area contributed by atoms with Gasteiger partial charge in [0.15, 0.2) is 0 Å². The normalized spacial score (nSPS) is 10.7. The monoisotopic (exact) mass is 388 g/mol. The highest BCUT2D eigenvalue weighted by Crippen LogP contribution is 2.30. The van der Waals surface area contributed by atoms with E-state index < -0.39 is 0 Å². The second kappa shape index (κ2) is 8.93. The van der Waals surface area contributed by atoms with Gasteiger partial charge in [-0.25, -0.2) is 0 Å². The Hall–Kier alpha value is -0.230. The molecule has 108 valence electrons. The lowest BCUT2D eigenvalue weighted by Gasteiger charge is -2.06. The van der Waals surface area contributed by atoms with Crippen molar-refractivity contribution >= 4 is 48.8 Å². The lowest BCUT2D eigenvalue weighted by atomic mass is 10.2. The Morgan fingerprint density at radius 1 is 1.00 bits per heavy atom. The van der Waals surface area contributed by atoms with Crippen LogP contribution in [0.2, 0.25) is 0 Å². The summed E-state index contributed by atoms with van der Waals surface area (Å²) in [6, 6.07) is 10.4. The second-order valence-corrected chi connectivity index (χ2v) is 8.17. The molecule has 1 heterocycles. The Morgan fingerprint density at radius 2 is 1.75 bits per heavy atom. The van der Waals surface area contributed by atoms with Crippen LogP contribution in [0.4, 0.5) is 0 Å². The van der Waals surface area contributed by atoms with Gasteiger partial charge in [-0.3, -0.25) is 0 Å². The van der Waals surface area contributed by atoms with E-state index in [0.29, 0.717) is 0 Å². The summed E-state index contributed by atoms with van der Waals surface area (Å²) in [5.74, 6) is 0.952. The molecule has 2 aromatic rings. The number of ether oxygens (including phenoxy) is 1. The summed E-state index contributed by atoms with van der Waals surface area (Å²) >= 11 is 8.61. The molecular weight excluding hydrogens is 372 g/mol. The third-order valence-corrected chi connectivity index (χ3v) is 6.37. The van der Waals surface area contributed by atoms with Crippen LogP contribution in [0, 0.1) is 3.82 Å². The van der Waals surface area contributed by atoms with Gasteiger partial charge in [0.25, 0.3) is 0 Å². The molecule has 1 aromatic heterocycles. The molecule has 1 aromatic carbocycles. The minimum Gasteiger partial charge on any atom is -0.494 e. The van der Waals surface area contributed by atoms with Crippen molar-refractivity contribution in [1.82, 2.24) is 0 Å². The van der Waals surface area contributed by atoms with Gasteiger partial charge in [-0.15, -0.1) is 0 Å². The van der Waals surface area contributed by atoms with Crippen LogP contribution in [0.3, 0.4) is 0 Å². The summed E-state index contributed by atoms with van der Waals surface area (Å²) in [4.78, 5) is 1.24. The number of rotatable bonds is 8. The number of hydrogen-bond donors (Lipinski definition) is 0. The molecule has 20 heavy (non-hydrogen) atoms. The van der Waals surface area contributed by atoms with Crippen molar-refractivity contribution in [3.63, 3.8) is 0 Å². The molecule has 0 aliphatic heterocycles. The van der Waals surface area contributed by atoms with Crippen molar-refractivity contribution in [3.8, 4) is 16.2 Å². The summed E-state index contributed by atoms with van der Waals surface area (Å²) in [6.45, 7) is 0.805. The van der Waals surface area contributed by atoms with Crippen LogP contribution in [-0.4, -0.2) is 11.9 Å². The van der Waals surface area contributed by atoms with E-state index in [1.54, 1.807) is 20.7 Å². The van der Waals surface area contributed by atoms with Gasteiger partial charge < -0.3 is 4.74 Å². The Kier molecular flexibility index (Phi) is 7.21. The van der Waals surface area contributed by atoms with Crippen LogP contribution in [0.25, 0.3) is 10.4 Å². The van der Waals surface area contributed by atoms with Crippen LogP contribution in [0.5, 0.6) is 5.75 Å². The zero-order valence-electron chi connectivity index (χ0n) is 11.1. The van der Waals surface area contributed by atoms with Gasteiger partial charge in [-0.1, -0.05) is 61.7 Å². The maximum Gasteiger partial charge on any atom is 0.119 e. The first-order chi connectivity index (χ1) is 9.79. The van der Waals surface area contributed by atoms with Crippen molar-refractivity contribution in [2.45, 2.75) is 25.7 Å². The smallest absolute Gasteiger partial charge is 0.119 e. The first kappa shape index (κ1) is 16.1. The van der Waals surface area contributed by atoms with Gasteiger partial charge in [0, 0.05) is 10.2 Å². The summed E-state index contributed by atoms with van der Waals surface area (Å²) in [5.41, 5.74) is 1.21. The minimum atomic E-state index is 0.805. The predicted octanol–water partition coefficient (Wildman–Crippen LogP) is 6.54. The quantitative estimate of drug-likeness (QED) is 0.219. The van der Waals surface area contributed by atoms with Crippen LogP contribution >= 0.6 is 48.8 Å². The fourth-order valence-corrected chi connectivity index (χ4v) is 4.63. The van der Waals surface area contributed by atoms with Gasteiger partial charge in [0.05, 0.1) is 6.61 Å². The molecule has 5 heteroatoms.